The molecule has 0 heterocycles. The van der Waals surface area contributed by atoms with Crippen LogP contribution in [0.3, 0.4) is 0 Å². The van der Waals surface area contributed by atoms with Crippen LogP contribution in [0.4, 0.5) is 5.69 Å². The normalized spacial score (nSPS) is 26.1. The minimum Gasteiger partial charge on any atom is -0.382 e. The molecule has 1 aromatic rings. The first-order valence-corrected chi connectivity index (χ1v) is 7.84. The van der Waals surface area contributed by atoms with Crippen molar-refractivity contribution in [1.82, 2.24) is 0 Å². The van der Waals surface area contributed by atoms with Gasteiger partial charge in [-0.2, -0.15) is 0 Å². The van der Waals surface area contributed by atoms with E-state index in [2.05, 4.69) is 57.3 Å². The Bertz CT molecular complexity index is 408. The molecule has 0 saturated heterocycles. The molecule has 1 aromatic carbocycles. The minimum absolute atomic E-state index is 0.481. The molecule has 0 aromatic heterocycles. The first-order chi connectivity index (χ1) is 9.00. The van der Waals surface area contributed by atoms with Gasteiger partial charge in [0.25, 0.3) is 0 Å². The van der Waals surface area contributed by atoms with Gasteiger partial charge in [-0.05, 0) is 48.6 Å². The maximum atomic E-state index is 3.82. The van der Waals surface area contributed by atoms with Gasteiger partial charge in [0.15, 0.2) is 0 Å². The summed E-state index contributed by atoms with van der Waals surface area (Å²) in [7, 11) is 0. The van der Waals surface area contributed by atoms with Crippen LogP contribution in [-0.4, -0.2) is 6.04 Å². The van der Waals surface area contributed by atoms with Crippen LogP contribution < -0.4 is 5.32 Å². The lowest BCUT2D eigenvalue weighted by Crippen LogP contribution is -2.35. The summed E-state index contributed by atoms with van der Waals surface area (Å²) in [4.78, 5) is 0. The van der Waals surface area contributed by atoms with Crippen LogP contribution in [0.1, 0.15) is 58.9 Å². The maximum absolute atomic E-state index is 3.82. The number of hydrogen-bond donors (Lipinski definition) is 1. The predicted molar refractivity (Wildman–Crippen MR) is 84.6 cm³/mol. The van der Waals surface area contributed by atoms with Gasteiger partial charge in [-0.15, -0.1) is 0 Å². The highest BCUT2D eigenvalue weighted by molar-refractivity contribution is 5.52. The summed E-state index contributed by atoms with van der Waals surface area (Å²) in [6.45, 7) is 9.47. The van der Waals surface area contributed by atoms with Gasteiger partial charge in [-0.1, -0.05) is 52.3 Å². The van der Waals surface area contributed by atoms with Crippen molar-refractivity contribution < 1.29 is 0 Å². The Kier molecular flexibility index (Phi) is 4.54. The highest BCUT2D eigenvalue weighted by Gasteiger charge is 2.32. The van der Waals surface area contributed by atoms with Gasteiger partial charge < -0.3 is 5.32 Å². The third kappa shape index (κ3) is 3.99. The number of anilines is 1. The Labute approximate surface area is 118 Å². The van der Waals surface area contributed by atoms with Crippen molar-refractivity contribution in [2.75, 3.05) is 5.32 Å². The number of benzene rings is 1. The highest BCUT2D eigenvalue weighted by Crippen LogP contribution is 2.39. The standard InChI is InChI=1S/C18H29N/c1-5-8-15-9-6-7-10-17(15)19-16-11-14(2)12-18(3,4)13-16/h6-7,9-10,14,16,19H,5,8,11-13H2,1-4H3. The van der Waals surface area contributed by atoms with Gasteiger partial charge in [0, 0.05) is 11.7 Å². The summed E-state index contributed by atoms with van der Waals surface area (Å²) >= 11 is 0. The van der Waals surface area contributed by atoms with E-state index in [-0.39, 0.29) is 0 Å². The Balaban J connectivity index is 2.08. The molecule has 0 aliphatic heterocycles. The number of rotatable bonds is 4. The van der Waals surface area contributed by atoms with Crippen molar-refractivity contribution >= 4 is 5.69 Å². The average Bonchev–Trinajstić information content (AvgIpc) is 2.29. The summed E-state index contributed by atoms with van der Waals surface area (Å²) < 4.78 is 0. The fourth-order valence-electron chi connectivity index (χ4n) is 3.82. The van der Waals surface area contributed by atoms with E-state index >= 15 is 0 Å². The SMILES string of the molecule is CCCc1ccccc1NC1CC(C)CC(C)(C)C1. The molecule has 2 unspecified atom stereocenters. The molecule has 0 spiro atoms. The Hall–Kier alpha value is -0.980. The van der Waals surface area contributed by atoms with E-state index in [1.54, 1.807) is 0 Å². The van der Waals surface area contributed by atoms with E-state index in [4.69, 9.17) is 0 Å². The molecule has 0 radical (unpaired) electrons. The van der Waals surface area contributed by atoms with Gasteiger partial charge in [-0.3, -0.25) is 0 Å². The number of aryl methyl sites for hydroxylation is 1. The van der Waals surface area contributed by atoms with Crippen molar-refractivity contribution in [3.05, 3.63) is 29.8 Å². The molecule has 106 valence electrons. The molecule has 1 heteroatoms. The Morgan fingerprint density at radius 2 is 1.95 bits per heavy atom. The van der Waals surface area contributed by atoms with Crippen molar-refractivity contribution in [3.63, 3.8) is 0 Å². The van der Waals surface area contributed by atoms with E-state index in [1.165, 1.54) is 43.4 Å². The number of hydrogen-bond acceptors (Lipinski definition) is 1. The van der Waals surface area contributed by atoms with Gasteiger partial charge in [0.2, 0.25) is 0 Å². The zero-order valence-electron chi connectivity index (χ0n) is 13.0. The third-order valence-electron chi connectivity index (χ3n) is 4.28. The third-order valence-corrected chi connectivity index (χ3v) is 4.28. The van der Waals surface area contributed by atoms with E-state index in [0.717, 1.165) is 5.92 Å². The van der Waals surface area contributed by atoms with Crippen LogP contribution >= 0.6 is 0 Å². The highest BCUT2D eigenvalue weighted by atomic mass is 14.9. The van der Waals surface area contributed by atoms with Crippen LogP contribution in [0.25, 0.3) is 0 Å². The second-order valence-corrected chi connectivity index (χ2v) is 7.16. The quantitative estimate of drug-likeness (QED) is 0.777. The van der Waals surface area contributed by atoms with Gasteiger partial charge in [0.05, 0.1) is 0 Å². The van der Waals surface area contributed by atoms with Gasteiger partial charge in [-0.25, -0.2) is 0 Å². The summed E-state index contributed by atoms with van der Waals surface area (Å²) in [6, 6.07) is 9.46. The second kappa shape index (κ2) is 5.98. The van der Waals surface area contributed by atoms with Crippen LogP contribution in [0.15, 0.2) is 24.3 Å². The second-order valence-electron chi connectivity index (χ2n) is 7.16. The van der Waals surface area contributed by atoms with E-state index < -0.39 is 0 Å². The van der Waals surface area contributed by atoms with Crippen molar-refractivity contribution in [1.29, 1.82) is 0 Å². The first kappa shape index (κ1) is 14.4. The zero-order valence-corrected chi connectivity index (χ0v) is 13.0. The van der Waals surface area contributed by atoms with Crippen molar-refractivity contribution in [2.45, 2.75) is 65.8 Å². The Morgan fingerprint density at radius 3 is 2.63 bits per heavy atom. The lowest BCUT2D eigenvalue weighted by atomic mass is 9.70. The summed E-state index contributed by atoms with van der Waals surface area (Å²) in [5.41, 5.74) is 3.31. The lowest BCUT2D eigenvalue weighted by molar-refractivity contribution is 0.178. The summed E-state index contributed by atoms with van der Waals surface area (Å²) in [5, 5.41) is 3.82. The predicted octanol–water partition coefficient (Wildman–Crippen LogP) is 5.27. The van der Waals surface area contributed by atoms with Gasteiger partial charge >= 0.3 is 0 Å². The smallest absolute Gasteiger partial charge is 0.0374 e. The monoisotopic (exact) mass is 259 g/mol. The van der Waals surface area contributed by atoms with Crippen molar-refractivity contribution in [2.24, 2.45) is 11.3 Å². The molecule has 0 amide bonds. The molecule has 2 rings (SSSR count). The molecule has 1 nitrogen and oxygen atoms in total. The topological polar surface area (TPSA) is 12.0 Å². The van der Waals surface area contributed by atoms with Crippen LogP contribution in [-0.2, 0) is 6.42 Å². The molecule has 1 aliphatic carbocycles. The number of para-hydroxylation sites is 1. The largest absolute Gasteiger partial charge is 0.382 e. The molecule has 1 N–H and O–H groups in total. The maximum Gasteiger partial charge on any atom is 0.0374 e. The molecule has 2 atom stereocenters. The molecular weight excluding hydrogens is 230 g/mol. The van der Waals surface area contributed by atoms with Gasteiger partial charge in [0.1, 0.15) is 0 Å². The minimum atomic E-state index is 0.481. The van der Waals surface area contributed by atoms with Crippen molar-refractivity contribution in [3.8, 4) is 0 Å². The first-order valence-electron chi connectivity index (χ1n) is 7.84. The zero-order chi connectivity index (χ0) is 13.9. The number of nitrogens with one attached hydrogen (secondary N) is 1. The van der Waals surface area contributed by atoms with Crippen LogP contribution in [0.5, 0.6) is 0 Å². The molecule has 1 fully saturated rings. The molecule has 1 saturated carbocycles. The Morgan fingerprint density at radius 1 is 1.21 bits per heavy atom. The fraction of sp³-hybridized carbons (Fsp3) is 0.667. The van der Waals surface area contributed by atoms with Crippen LogP contribution in [0.2, 0.25) is 0 Å². The lowest BCUT2D eigenvalue weighted by Gasteiger charge is -2.40. The van der Waals surface area contributed by atoms with E-state index in [9.17, 15) is 0 Å². The average molecular weight is 259 g/mol. The summed E-state index contributed by atoms with van der Waals surface area (Å²) in [6.07, 6.45) is 6.35. The van der Waals surface area contributed by atoms with E-state index in [1.807, 2.05) is 0 Å². The van der Waals surface area contributed by atoms with Crippen LogP contribution in [0, 0.1) is 11.3 Å². The van der Waals surface area contributed by atoms with E-state index in [0.29, 0.717) is 11.5 Å². The molecular formula is C18H29N. The fourth-order valence-corrected chi connectivity index (χ4v) is 3.82. The molecule has 19 heavy (non-hydrogen) atoms. The molecule has 1 aliphatic rings. The molecule has 0 bridgehead atoms. The summed E-state index contributed by atoms with van der Waals surface area (Å²) in [5.74, 6) is 0.833.